The molecule has 0 aromatic carbocycles. The van der Waals surface area contributed by atoms with E-state index in [1.54, 1.807) is 16.9 Å². The van der Waals surface area contributed by atoms with Gasteiger partial charge in [0.25, 0.3) is 0 Å². The summed E-state index contributed by atoms with van der Waals surface area (Å²) in [6, 6.07) is 0. The van der Waals surface area contributed by atoms with Gasteiger partial charge in [-0.1, -0.05) is 0 Å². The molecule has 0 amide bonds. The molecule has 0 bridgehead atoms. The van der Waals surface area contributed by atoms with Crippen LogP contribution >= 0.6 is 0 Å². The molecule has 1 nitrogen and oxygen atoms in total. The van der Waals surface area contributed by atoms with Gasteiger partial charge < -0.3 is 0 Å². The van der Waals surface area contributed by atoms with Gasteiger partial charge in [-0.25, -0.2) is 0 Å². The fraction of sp³-hybridized carbons (Fsp3) is 0.852. The summed E-state index contributed by atoms with van der Waals surface area (Å²) >= 11 is -2.25. The van der Waals surface area contributed by atoms with Crippen LogP contribution < -0.4 is 0 Å². The van der Waals surface area contributed by atoms with E-state index in [1.165, 1.54) is 44.9 Å². The van der Waals surface area contributed by atoms with Crippen molar-refractivity contribution in [1.82, 2.24) is 0 Å². The van der Waals surface area contributed by atoms with Crippen molar-refractivity contribution in [3.8, 4) is 0 Å². The molecule has 0 aliphatic rings. The van der Waals surface area contributed by atoms with Crippen LogP contribution in [-0.2, 0) is 4.43 Å². The van der Waals surface area contributed by atoms with E-state index < -0.39 is 26.7 Å². The van der Waals surface area contributed by atoms with E-state index in [0.29, 0.717) is 5.92 Å². The zero-order valence-electron chi connectivity index (χ0n) is 22.3. The molecule has 0 aromatic rings. The van der Waals surface area contributed by atoms with Gasteiger partial charge in [0, 0.05) is 0 Å². The van der Waals surface area contributed by atoms with E-state index in [9.17, 15) is 0 Å². The number of allylic oxidation sites excluding steroid dienone is 2. The molecule has 0 N–H and O–H groups in total. The SMILES string of the molecule is C=[C](C[C@@H](C)C/C=C/CO[Si](C)(C)C(C)(C)C)[Sn]([CH2]CCC)([CH2]CCC)[CH2]CCC. The second kappa shape index (κ2) is 15.3. The Balaban J connectivity index is 4.84. The molecule has 0 rings (SSSR count). The topological polar surface area (TPSA) is 9.23 Å². The first-order chi connectivity index (χ1) is 14.0. The van der Waals surface area contributed by atoms with Crippen molar-refractivity contribution in [2.75, 3.05) is 6.61 Å². The maximum atomic E-state index is 6.29. The zero-order valence-corrected chi connectivity index (χ0v) is 26.2. The Morgan fingerprint density at radius 3 is 1.80 bits per heavy atom. The summed E-state index contributed by atoms with van der Waals surface area (Å²) in [6.07, 6.45) is 15.4. The monoisotopic (exact) mass is 544 g/mol. The van der Waals surface area contributed by atoms with Crippen LogP contribution in [0.2, 0.25) is 31.4 Å². The van der Waals surface area contributed by atoms with Gasteiger partial charge in [-0.05, 0) is 0 Å². The summed E-state index contributed by atoms with van der Waals surface area (Å²) in [6.45, 7) is 26.7. The molecular formula is C27H56OSiSn. The van der Waals surface area contributed by atoms with Crippen LogP contribution in [0.3, 0.4) is 0 Å². The van der Waals surface area contributed by atoms with Gasteiger partial charge >= 0.3 is 197 Å². The van der Waals surface area contributed by atoms with Crippen molar-refractivity contribution in [2.45, 2.75) is 131 Å². The average Bonchev–Trinajstić information content (AvgIpc) is 2.66. The normalized spacial score (nSPS) is 14.4. The number of hydrogen-bond acceptors (Lipinski definition) is 1. The number of rotatable bonds is 17. The van der Waals surface area contributed by atoms with Crippen LogP contribution in [0.1, 0.15) is 99.8 Å². The average molecular weight is 544 g/mol. The van der Waals surface area contributed by atoms with Gasteiger partial charge in [-0.15, -0.1) is 0 Å². The summed E-state index contributed by atoms with van der Waals surface area (Å²) < 4.78 is 12.7. The predicted molar refractivity (Wildman–Crippen MR) is 145 cm³/mol. The molecule has 30 heavy (non-hydrogen) atoms. The molecule has 3 heteroatoms. The Morgan fingerprint density at radius 1 is 0.933 bits per heavy atom. The van der Waals surface area contributed by atoms with Crippen LogP contribution in [0.25, 0.3) is 0 Å². The van der Waals surface area contributed by atoms with Gasteiger partial charge in [-0.3, -0.25) is 0 Å². The molecular weight excluding hydrogens is 487 g/mol. The molecule has 0 spiro atoms. The zero-order chi connectivity index (χ0) is 23.3. The number of unbranched alkanes of at least 4 members (excludes halogenated alkanes) is 3. The Hall–Kier alpha value is 0.456. The third-order valence-corrected chi connectivity index (χ3v) is 28.0. The standard InChI is InChI=1S/C15H29OSi.3C4H9.Sn/c1-8-11-14(2)12-9-10-13-16-17(6,7)15(3,4)5;3*1-3-4-2;/h9-10,14H,1,11-13H2,2-7H3;3*1,3-4H2,2H3;/b10-9+;;;;/t14-;;;;/m1..../s1. The molecule has 0 aliphatic heterocycles. The van der Waals surface area contributed by atoms with Gasteiger partial charge in [0.2, 0.25) is 0 Å². The summed E-state index contributed by atoms with van der Waals surface area (Å²) in [5, 5.41) is 0.289. The summed E-state index contributed by atoms with van der Waals surface area (Å²) in [4.78, 5) is 0. The molecule has 0 saturated heterocycles. The van der Waals surface area contributed by atoms with E-state index in [-0.39, 0.29) is 5.04 Å². The van der Waals surface area contributed by atoms with Crippen molar-refractivity contribution in [3.05, 3.63) is 22.3 Å². The Bertz CT molecular complexity index is 468. The van der Waals surface area contributed by atoms with E-state index in [0.717, 1.165) is 13.0 Å². The second-order valence-corrected chi connectivity index (χ2v) is 29.7. The molecule has 0 radical (unpaired) electrons. The maximum absolute atomic E-state index is 6.29. The van der Waals surface area contributed by atoms with Crippen molar-refractivity contribution in [3.63, 3.8) is 0 Å². The molecule has 0 fully saturated rings. The minimum atomic E-state index is -2.25. The fourth-order valence-corrected chi connectivity index (χ4v) is 21.2. The molecule has 0 aliphatic carbocycles. The van der Waals surface area contributed by atoms with E-state index in [1.807, 2.05) is 0 Å². The van der Waals surface area contributed by atoms with Crippen LogP contribution in [-0.4, -0.2) is 33.3 Å². The van der Waals surface area contributed by atoms with Crippen LogP contribution in [0, 0.1) is 5.92 Å². The molecule has 0 saturated carbocycles. The van der Waals surface area contributed by atoms with Crippen molar-refractivity contribution in [2.24, 2.45) is 5.92 Å². The first kappa shape index (κ1) is 30.5. The Kier molecular flexibility index (Phi) is 15.6. The van der Waals surface area contributed by atoms with E-state index in [4.69, 9.17) is 11.0 Å². The first-order valence-corrected chi connectivity index (χ1v) is 23.3. The molecule has 0 heterocycles. The molecule has 1 atom stereocenters. The second-order valence-electron chi connectivity index (χ2n) is 11.3. The number of hydrogen-bond donors (Lipinski definition) is 0. The third-order valence-electron chi connectivity index (χ3n) is 7.42. The minimum absolute atomic E-state index is 0.289. The predicted octanol–water partition coefficient (Wildman–Crippen LogP) is 9.93. The third kappa shape index (κ3) is 11.4. The molecule has 0 unspecified atom stereocenters. The molecule has 178 valence electrons. The van der Waals surface area contributed by atoms with Crippen molar-refractivity contribution >= 4 is 26.7 Å². The molecule has 0 aromatic heterocycles. The van der Waals surface area contributed by atoms with Gasteiger partial charge in [0.1, 0.15) is 0 Å². The Labute approximate surface area is 196 Å². The first-order valence-electron chi connectivity index (χ1n) is 12.9. The van der Waals surface area contributed by atoms with Gasteiger partial charge in [0.05, 0.1) is 0 Å². The van der Waals surface area contributed by atoms with Crippen LogP contribution in [0.15, 0.2) is 22.3 Å². The quantitative estimate of drug-likeness (QED) is 0.131. The van der Waals surface area contributed by atoms with Crippen molar-refractivity contribution in [1.29, 1.82) is 0 Å². The van der Waals surface area contributed by atoms with E-state index in [2.05, 4.69) is 73.7 Å². The fourth-order valence-electron chi connectivity index (χ4n) is 4.04. The summed E-state index contributed by atoms with van der Waals surface area (Å²) in [7, 11) is -1.63. The van der Waals surface area contributed by atoms with Gasteiger partial charge in [-0.2, -0.15) is 0 Å². The van der Waals surface area contributed by atoms with Crippen LogP contribution in [0.4, 0.5) is 0 Å². The van der Waals surface area contributed by atoms with Crippen LogP contribution in [0.5, 0.6) is 0 Å². The van der Waals surface area contributed by atoms with Gasteiger partial charge in [0.15, 0.2) is 0 Å². The van der Waals surface area contributed by atoms with Crippen molar-refractivity contribution < 1.29 is 4.43 Å². The summed E-state index contributed by atoms with van der Waals surface area (Å²) in [5.41, 5.74) is 0. The Morgan fingerprint density at radius 2 is 1.40 bits per heavy atom. The van der Waals surface area contributed by atoms with E-state index >= 15 is 0 Å². The summed E-state index contributed by atoms with van der Waals surface area (Å²) in [5.74, 6) is 0.711.